The molecule has 0 N–H and O–H groups in total. The van der Waals surface area contributed by atoms with E-state index in [0.29, 0.717) is 0 Å². The molecule has 0 heterocycles. The molecule has 1 rings (SSSR count). The Balaban J connectivity index is 3.17. The highest BCUT2D eigenvalue weighted by atomic mass is 35.5. The van der Waals surface area contributed by atoms with Gasteiger partial charge in [0.15, 0.2) is 0 Å². The Hall–Kier alpha value is -0.140. The minimum Gasteiger partial charge on any atom is -0.143 e. The minimum atomic E-state index is 0.769. The Morgan fingerprint density at radius 2 is 2.11 bits per heavy atom. The topological polar surface area (TPSA) is 0 Å². The second-order valence-corrected chi connectivity index (χ2v) is 2.85. The van der Waals surface area contributed by atoms with Crippen LogP contribution in [0.5, 0.6) is 0 Å². The zero-order valence-corrected chi connectivity index (χ0v) is 6.71. The lowest BCUT2D eigenvalue weighted by atomic mass is 10.2. The van der Waals surface area contributed by atoms with E-state index in [1.165, 1.54) is 0 Å². The van der Waals surface area contributed by atoms with E-state index < -0.39 is 0 Å². The summed E-state index contributed by atoms with van der Waals surface area (Å²) in [6.45, 7) is 1.98. The fraction of sp³-hybridized carbons (Fsp3) is 0.143. The van der Waals surface area contributed by atoms with Crippen molar-refractivity contribution in [2.75, 3.05) is 0 Å². The second kappa shape index (κ2) is 2.63. The van der Waals surface area contributed by atoms with Crippen molar-refractivity contribution >= 4 is 24.2 Å². The fourth-order valence-electron chi connectivity index (χ4n) is 0.619. The van der Waals surface area contributed by atoms with Gasteiger partial charge in [0.05, 0.1) is 0 Å². The van der Waals surface area contributed by atoms with Gasteiger partial charge in [-0.2, -0.15) is 0 Å². The van der Waals surface area contributed by atoms with Crippen molar-refractivity contribution in [3.63, 3.8) is 0 Å². The number of hydrogen-bond donors (Lipinski definition) is 1. The predicted octanol–water partition coefficient (Wildman–Crippen LogP) is 2.94. The number of rotatable bonds is 0. The number of benzene rings is 1. The molecule has 0 unspecified atom stereocenters. The average molecular weight is 159 g/mol. The van der Waals surface area contributed by atoms with E-state index in [2.05, 4.69) is 12.6 Å². The molecule has 1 aromatic rings. The zero-order chi connectivity index (χ0) is 6.85. The maximum Gasteiger partial charge on any atom is 0.0409 e. The van der Waals surface area contributed by atoms with Gasteiger partial charge in [-0.15, -0.1) is 12.6 Å². The molecular weight excluding hydrogens is 152 g/mol. The quantitative estimate of drug-likeness (QED) is 0.552. The third kappa shape index (κ3) is 1.63. The number of hydrogen-bond acceptors (Lipinski definition) is 1. The van der Waals surface area contributed by atoms with Gasteiger partial charge >= 0.3 is 0 Å². The van der Waals surface area contributed by atoms with Crippen molar-refractivity contribution in [3.05, 3.63) is 28.8 Å². The zero-order valence-electron chi connectivity index (χ0n) is 5.06. The highest BCUT2D eigenvalue weighted by Gasteiger charge is 1.91. The minimum absolute atomic E-state index is 0.769. The molecule has 0 aromatic heterocycles. The number of halogens is 1. The number of thiol groups is 1. The Kier molecular flexibility index (Phi) is 2.04. The highest BCUT2D eigenvalue weighted by Crippen LogP contribution is 2.17. The van der Waals surface area contributed by atoms with Crippen molar-refractivity contribution < 1.29 is 0 Å². The van der Waals surface area contributed by atoms with Crippen molar-refractivity contribution in [3.8, 4) is 0 Å². The molecule has 0 saturated heterocycles. The highest BCUT2D eigenvalue weighted by molar-refractivity contribution is 7.80. The molecule has 0 amide bonds. The first kappa shape index (κ1) is 6.97. The van der Waals surface area contributed by atoms with Gasteiger partial charge in [0.2, 0.25) is 0 Å². The molecule has 0 spiro atoms. The number of aryl methyl sites for hydroxylation is 1. The Labute approximate surface area is 65.3 Å². The van der Waals surface area contributed by atoms with Crippen LogP contribution in [-0.4, -0.2) is 0 Å². The van der Waals surface area contributed by atoms with Crippen LogP contribution in [0.2, 0.25) is 5.02 Å². The fourth-order valence-corrected chi connectivity index (χ4v) is 0.985. The van der Waals surface area contributed by atoms with Crippen molar-refractivity contribution in [2.45, 2.75) is 11.8 Å². The molecule has 0 aliphatic carbocycles. The summed E-state index contributed by atoms with van der Waals surface area (Å²) in [5, 5.41) is 0.769. The van der Waals surface area contributed by atoms with E-state index in [4.69, 9.17) is 11.6 Å². The maximum absolute atomic E-state index is 5.68. The molecule has 48 valence electrons. The Bertz CT molecular complexity index is 220. The molecule has 0 nitrogen and oxygen atoms in total. The normalized spacial score (nSPS) is 9.67. The third-order valence-corrected chi connectivity index (χ3v) is 1.90. The summed E-state index contributed by atoms with van der Waals surface area (Å²) in [6, 6.07) is 5.61. The molecular formula is C7H7ClS. The first-order chi connectivity index (χ1) is 4.20. The summed E-state index contributed by atoms with van der Waals surface area (Å²) in [7, 11) is 0. The van der Waals surface area contributed by atoms with Crippen molar-refractivity contribution in [1.29, 1.82) is 0 Å². The SMILES string of the molecule is Cc1cc(Cl)ccc1S. The molecule has 0 aliphatic rings. The van der Waals surface area contributed by atoms with Gasteiger partial charge in [0, 0.05) is 9.92 Å². The molecule has 2 heteroatoms. The van der Waals surface area contributed by atoms with Crippen LogP contribution in [0.4, 0.5) is 0 Å². The molecule has 9 heavy (non-hydrogen) atoms. The summed E-state index contributed by atoms with van der Waals surface area (Å²) in [5.74, 6) is 0. The van der Waals surface area contributed by atoms with Crippen molar-refractivity contribution in [2.24, 2.45) is 0 Å². The van der Waals surface area contributed by atoms with E-state index in [0.717, 1.165) is 15.5 Å². The summed E-state index contributed by atoms with van der Waals surface area (Å²) >= 11 is 9.87. The van der Waals surface area contributed by atoms with Gasteiger partial charge in [-0.25, -0.2) is 0 Å². The lowest BCUT2D eigenvalue weighted by Crippen LogP contribution is -1.73. The lowest BCUT2D eigenvalue weighted by Gasteiger charge is -1.96. The van der Waals surface area contributed by atoms with Gasteiger partial charge in [-0.1, -0.05) is 11.6 Å². The van der Waals surface area contributed by atoms with Gasteiger partial charge in [0.25, 0.3) is 0 Å². The lowest BCUT2D eigenvalue weighted by molar-refractivity contribution is 1.31. The molecule has 0 atom stereocenters. The van der Waals surface area contributed by atoms with Crippen LogP contribution < -0.4 is 0 Å². The van der Waals surface area contributed by atoms with Gasteiger partial charge in [-0.3, -0.25) is 0 Å². The predicted molar refractivity (Wildman–Crippen MR) is 43.4 cm³/mol. The molecule has 0 aliphatic heterocycles. The summed E-state index contributed by atoms with van der Waals surface area (Å²) in [5.41, 5.74) is 1.12. The van der Waals surface area contributed by atoms with Crippen LogP contribution in [0.3, 0.4) is 0 Å². The van der Waals surface area contributed by atoms with E-state index in [1.54, 1.807) is 0 Å². The maximum atomic E-state index is 5.68. The van der Waals surface area contributed by atoms with E-state index in [1.807, 2.05) is 25.1 Å². The van der Waals surface area contributed by atoms with Gasteiger partial charge < -0.3 is 0 Å². The van der Waals surface area contributed by atoms with Crippen LogP contribution in [0.15, 0.2) is 23.1 Å². The standard InChI is InChI=1S/C7H7ClS/c1-5-4-6(8)2-3-7(5)9/h2-4,9H,1H3. The molecule has 0 radical (unpaired) electrons. The molecule has 1 aromatic carbocycles. The van der Waals surface area contributed by atoms with Crippen LogP contribution in [0, 0.1) is 6.92 Å². The first-order valence-electron chi connectivity index (χ1n) is 2.65. The van der Waals surface area contributed by atoms with Crippen LogP contribution in [0.1, 0.15) is 5.56 Å². The van der Waals surface area contributed by atoms with E-state index in [-0.39, 0.29) is 0 Å². The summed E-state index contributed by atoms with van der Waals surface area (Å²) in [6.07, 6.45) is 0. The molecule has 0 saturated carbocycles. The summed E-state index contributed by atoms with van der Waals surface area (Å²) in [4.78, 5) is 0.986. The van der Waals surface area contributed by atoms with Gasteiger partial charge in [0.1, 0.15) is 0 Å². The first-order valence-corrected chi connectivity index (χ1v) is 3.48. The monoisotopic (exact) mass is 158 g/mol. The Morgan fingerprint density at radius 3 is 2.56 bits per heavy atom. The largest absolute Gasteiger partial charge is 0.143 e. The second-order valence-electron chi connectivity index (χ2n) is 1.93. The smallest absolute Gasteiger partial charge is 0.0409 e. The van der Waals surface area contributed by atoms with E-state index in [9.17, 15) is 0 Å². The van der Waals surface area contributed by atoms with E-state index >= 15 is 0 Å². The van der Waals surface area contributed by atoms with Gasteiger partial charge in [-0.05, 0) is 30.7 Å². The van der Waals surface area contributed by atoms with Crippen LogP contribution >= 0.6 is 24.2 Å². The van der Waals surface area contributed by atoms with Crippen molar-refractivity contribution in [1.82, 2.24) is 0 Å². The van der Waals surface area contributed by atoms with Crippen LogP contribution in [-0.2, 0) is 0 Å². The molecule has 0 bridgehead atoms. The Morgan fingerprint density at radius 1 is 1.44 bits per heavy atom. The molecule has 0 fully saturated rings. The average Bonchev–Trinajstić information content (AvgIpc) is 1.80. The summed E-state index contributed by atoms with van der Waals surface area (Å²) < 4.78 is 0. The van der Waals surface area contributed by atoms with Crippen LogP contribution in [0.25, 0.3) is 0 Å². The third-order valence-electron chi connectivity index (χ3n) is 1.16.